The van der Waals surface area contributed by atoms with Gasteiger partial charge in [0.2, 0.25) is 0 Å². The van der Waals surface area contributed by atoms with Gasteiger partial charge in [0.1, 0.15) is 5.82 Å². The van der Waals surface area contributed by atoms with Crippen molar-refractivity contribution in [2.75, 3.05) is 0 Å². The first-order valence-corrected chi connectivity index (χ1v) is 8.43. The Labute approximate surface area is 159 Å². The van der Waals surface area contributed by atoms with Crippen LogP contribution in [0.1, 0.15) is 5.56 Å². The van der Waals surface area contributed by atoms with E-state index in [0.717, 1.165) is 5.69 Å². The Balaban J connectivity index is 2.02. The minimum Gasteiger partial charge on any atom is -0.292 e. The van der Waals surface area contributed by atoms with Crippen LogP contribution in [0, 0.1) is 27.2 Å². The second kappa shape index (κ2) is 6.58. The van der Waals surface area contributed by atoms with Crippen LogP contribution >= 0.6 is 0 Å². The number of hydrogen-bond acceptors (Lipinski definition) is 5. The second-order valence-corrected chi connectivity index (χ2v) is 6.29. The highest BCUT2D eigenvalue weighted by Gasteiger charge is 2.19. The monoisotopic (exact) mass is 374 g/mol. The number of non-ortho nitro benzene ring substituents is 2. The number of aromatic nitrogens is 2. The first-order chi connectivity index (χ1) is 13.5. The smallest absolute Gasteiger partial charge is 0.271 e. The third kappa shape index (κ3) is 2.86. The van der Waals surface area contributed by atoms with Crippen LogP contribution in [-0.2, 0) is 0 Å². The molecule has 4 aromatic rings. The molecule has 8 heteroatoms. The molecule has 3 aromatic carbocycles. The lowest BCUT2D eigenvalue weighted by molar-refractivity contribution is -0.385. The molecule has 0 saturated heterocycles. The van der Waals surface area contributed by atoms with Crippen molar-refractivity contribution in [2.24, 2.45) is 0 Å². The number of imidazole rings is 1. The maximum Gasteiger partial charge on any atom is 0.271 e. The molecule has 0 saturated carbocycles. The van der Waals surface area contributed by atoms with Gasteiger partial charge in [-0.25, -0.2) is 4.98 Å². The van der Waals surface area contributed by atoms with E-state index in [1.54, 1.807) is 19.1 Å². The molecule has 0 amide bonds. The minimum atomic E-state index is -0.461. The van der Waals surface area contributed by atoms with Crippen LogP contribution in [0.5, 0.6) is 0 Å². The van der Waals surface area contributed by atoms with Crippen molar-refractivity contribution in [1.82, 2.24) is 9.55 Å². The van der Waals surface area contributed by atoms with Gasteiger partial charge in [-0.2, -0.15) is 0 Å². The molecule has 0 radical (unpaired) electrons. The molecule has 0 N–H and O–H groups in total. The quantitative estimate of drug-likeness (QED) is 0.376. The van der Waals surface area contributed by atoms with Gasteiger partial charge in [-0.15, -0.1) is 0 Å². The molecular formula is C20H14N4O4. The first-order valence-electron chi connectivity index (χ1n) is 8.43. The van der Waals surface area contributed by atoms with Crippen molar-refractivity contribution >= 4 is 22.4 Å². The number of rotatable bonds is 4. The molecule has 8 nitrogen and oxygen atoms in total. The average molecular weight is 374 g/mol. The Kier molecular flexibility index (Phi) is 4.08. The predicted molar refractivity (Wildman–Crippen MR) is 105 cm³/mol. The molecule has 0 aliphatic rings. The van der Waals surface area contributed by atoms with E-state index < -0.39 is 9.85 Å². The molecular weight excluding hydrogens is 360 g/mol. The van der Waals surface area contributed by atoms with Gasteiger partial charge in [0.15, 0.2) is 0 Å². The van der Waals surface area contributed by atoms with Crippen molar-refractivity contribution in [3.05, 3.63) is 92.5 Å². The SMILES string of the molecule is Cc1cc([N+](=O)[O-])ccc1-c1nc2cc([N+](=O)[O-])ccc2n1-c1ccccc1. The summed E-state index contributed by atoms with van der Waals surface area (Å²) in [5, 5.41) is 22.2. The summed E-state index contributed by atoms with van der Waals surface area (Å²) in [6, 6.07) is 18.6. The van der Waals surface area contributed by atoms with Gasteiger partial charge in [0, 0.05) is 35.5 Å². The van der Waals surface area contributed by atoms with E-state index in [9.17, 15) is 20.2 Å². The van der Waals surface area contributed by atoms with Crippen molar-refractivity contribution in [2.45, 2.75) is 6.92 Å². The Morgan fingerprint density at radius 2 is 1.50 bits per heavy atom. The molecule has 0 aliphatic carbocycles. The highest BCUT2D eigenvalue weighted by molar-refractivity contribution is 5.85. The number of nitrogens with zero attached hydrogens (tertiary/aromatic N) is 4. The Morgan fingerprint density at radius 1 is 0.857 bits per heavy atom. The van der Waals surface area contributed by atoms with Gasteiger partial charge in [-0.05, 0) is 36.8 Å². The molecule has 0 bridgehead atoms. The second-order valence-electron chi connectivity index (χ2n) is 6.29. The molecule has 0 aliphatic heterocycles. The van der Waals surface area contributed by atoms with Gasteiger partial charge in [0.05, 0.1) is 20.9 Å². The van der Waals surface area contributed by atoms with Crippen molar-refractivity contribution in [1.29, 1.82) is 0 Å². The summed E-state index contributed by atoms with van der Waals surface area (Å²) in [5.41, 5.74) is 3.39. The summed E-state index contributed by atoms with van der Waals surface area (Å²) in [4.78, 5) is 25.9. The van der Waals surface area contributed by atoms with Gasteiger partial charge in [-0.1, -0.05) is 18.2 Å². The zero-order valence-electron chi connectivity index (χ0n) is 14.8. The molecule has 0 fully saturated rings. The zero-order chi connectivity index (χ0) is 19.8. The highest BCUT2D eigenvalue weighted by Crippen LogP contribution is 2.33. The molecule has 1 aromatic heterocycles. The van der Waals surface area contributed by atoms with Crippen molar-refractivity contribution < 1.29 is 9.85 Å². The first kappa shape index (κ1) is 17.3. The number of hydrogen-bond donors (Lipinski definition) is 0. The normalized spacial score (nSPS) is 10.9. The topological polar surface area (TPSA) is 104 Å². The molecule has 4 rings (SSSR count). The minimum absolute atomic E-state index is 0.000685. The van der Waals surface area contributed by atoms with E-state index in [-0.39, 0.29) is 11.4 Å². The fourth-order valence-electron chi connectivity index (χ4n) is 3.21. The number of nitro benzene ring substituents is 2. The van der Waals surface area contributed by atoms with E-state index >= 15 is 0 Å². The number of aryl methyl sites for hydroxylation is 1. The molecule has 28 heavy (non-hydrogen) atoms. The summed E-state index contributed by atoms with van der Waals surface area (Å²) in [7, 11) is 0. The fourth-order valence-corrected chi connectivity index (χ4v) is 3.21. The van der Waals surface area contributed by atoms with Crippen molar-refractivity contribution in [3.63, 3.8) is 0 Å². The maximum absolute atomic E-state index is 11.1. The van der Waals surface area contributed by atoms with Crippen LogP contribution in [0.25, 0.3) is 28.1 Å². The third-order valence-corrected chi connectivity index (χ3v) is 4.52. The molecule has 0 unspecified atom stereocenters. The molecule has 0 spiro atoms. The van der Waals surface area contributed by atoms with Crippen LogP contribution < -0.4 is 0 Å². The van der Waals surface area contributed by atoms with Gasteiger partial charge < -0.3 is 0 Å². The van der Waals surface area contributed by atoms with Crippen LogP contribution in [0.2, 0.25) is 0 Å². The van der Waals surface area contributed by atoms with Crippen LogP contribution in [0.4, 0.5) is 11.4 Å². The summed E-state index contributed by atoms with van der Waals surface area (Å²) in [6.45, 7) is 1.78. The lowest BCUT2D eigenvalue weighted by Crippen LogP contribution is -1.99. The van der Waals surface area contributed by atoms with Crippen LogP contribution in [0.15, 0.2) is 66.7 Å². The van der Waals surface area contributed by atoms with Gasteiger partial charge in [0.25, 0.3) is 11.4 Å². The maximum atomic E-state index is 11.1. The molecule has 138 valence electrons. The fraction of sp³-hybridized carbons (Fsp3) is 0.0500. The van der Waals surface area contributed by atoms with E-state index in [4.69, 9.17) is 0 Å². The number of benzene rings is 3. The Bertz CT molecular complexity index is 1230. The highest BCUT2D eigenvalue weighted by atomic mass is 16.6. The molecule has 1 heterocycles. The van der Waals surface area contributed by atoms with Crippen LogP contribution in [-0.4, -0.2) is 19.4 Å². The number of nitro groups is 2. The zero-order valence-corrected chi connectivity index (χ0v) is 14.8. The van der Waals surface area contributed by atoms with Gasteiger partial charge >= 0.3 is 0 Å². The molecule has 0 atom stereocenters. The predicted octanol–water partition coefficient (Wildman–Crippen LogP) is 4.82. The number of fused-ring (bicyclic) bond motifs is 1. The lowest BCUT2D eigenvalue weighted by atomic mass is 10.1. The number of para-hydroxylation sites is 1. The Morgan fingerprint density at radius 3 is 2.14 bits per heavy atom. The standard InChI is InChI=1S/C20H14N4O4/c1-13-11-15(23(25)26)7-9-17(13)20-21-18-12-16(24(27)28)8-10-19(18)22(20)14-5-3-2-4-6-14/h2-12H,1H3. The summed E-state index contributed by atoms with van der Waals surface area (Å²) in [6.07, 6.45) is 0. The summed E-state index contributed by atoms with van der Waals surface area (Å²) < 4.78 is 1.90. The summed E-state index contributed by atoms with van der Waals surface area (Å²) >= 11 is 0. The largest absolute Gasteiger partial charge is 0.292 e. The van der Waals surface area contributed by atoms with Crippen molar-refractivity contribution in [3.8, 4) is 17.1 Å². The Hall–Kier alpha value is -4.07. The summed E-state index contributed by atoms with van der Waals surface area (Å²) in [5.74, 6) is 0.564. The van der Waals surface area contributed by atoms with E-state index in [0.29, 0.717) is 28.0 Å². The third-order valence-electron chi connectivity index (χ3n) is 4.52. The van der Waals surface area contributed by atoms with E-state index in [1.807, 2.05) is 34.9 Å². The van der Waals surface area contributed by atoms with E-state index in [2.05, 4.69) is 4.98 Å². The lowest BCUT2D eigenvalue weighted by Gasteiger charge is -2.11. The van der Waals surface area contributed by atoms with Crippen LogP contribution in [0.3, 0.4) is 0 Å². The van der Waals surface area contributed by atoms with Gasteiger partial charge in [-0.3, -0.25) is 24.8 Å². The average Bonchev–Trinajstić information content (AvgIpc) is 3.06. The van der Waals surface area contributed by atoms with E-state index in [1.165, 1.54) is 24.3 Å².